The number of fused-ring (bicyclic) bond motifs is 1. The quantitative estimate of drug-likeness (QED) is 0.697. The van der Waals surface area contributed by atoms with Crippen LogP contribution in [0.15, 0.2) is 24.3 Å². The first-order valence-electron chi connectivity index (χ1n) is 6.20. The second-order valence-electron chi connectivity index (χ2n) is 4.25. The van der Waals surface area contributed by atoms with Crippen molar-refractivity contribution in [2.24, 2.45) is 0 Å². The smallest absolute Gasteiger partial charge is 0.0895 e. The molecule has 1 aromatic heterocycles. The van der Waals surface area contributed by atoms with Gasteiger partial charge in [-0.15, -0.1) is 0 Å². The van der Waals surface area contributed by atoms with Crippen molar-refractivity contribution in [1.29, 1.82) is 0 Å². The molecule has 3 N–H and O–H groups in total. The number of hydrogen-bond acceptors (Lipinski definition) is 4. The standard InChI is InChI=1S/C13H19N3O2/c1-2-16-13-6-4-3-5-11(13)12(15-16)8-14-7-10(18)9-17/h3-6,10,14,17-18H,2,7-9H2,1H3. The molecule has 0 saturated heterocycles. The average Bonchev–Trinajstić information content (AvgIpc) is 2.77. The Morgan fingerprint density at radius 1 is 1.39 bits per heavy atom. The molecule has 0 aliphatic carbocycles. The van der Waals surface area contributed by atoms with Gasteiger partial charge in [0.2, 0.25) is 0 Å². The fourth-order valence-electron chi connectivity index (χ4n) is 1.99. The van der Waals surface area contributed by atoms with Crippen LogP contribution in [-0.2, 0) is 13.1 Å². The fourth-order valence-corrected chi connectivity index (χ4v) is 1.99. The lowest BCUT2D eigenvalue weighted by atomic mass is 10.2. The van der Waals surface area contributed by atoms with Crippen molar-refractivity contribution in [3.05, 3.63) is 30.0 Å². The first-order valence-corrected chi connectivity index (χ1v) is 6.20. The highest BCUT2D eigenvalue weighted by molar-refractivity contribution is 5.81. The van der Waals surface area contributed by atoms with Crippen molar-refractivity contribution >= 4 is 10.9 Å². The van der Waals surface area contributed by atoms with Gasteiger partial charge >= 0.3 is 0 Å². The molecule has 0 fully saturated rings. The van der Waals surface area contributed by atoms with Gasteiger partial charge in [0.05, 0.1) is 23.9 Å². The third kappa shape index (κ3) is 2.69. The molecule has 5 heteroatoms. The first kappa shape index (κ1) is 13.0. The number of aryl methyl sites for hydroxylation is 1. The van der Waals surface area contributed by atoms with Crippen LogP contribution >= 0.6 is 0 Å². The molecule has 0 aliphatic rings. The molecule has 0 radical (unpaired) electrons. The van der Waals surface area contributed by atoms with E-state index in [4.69, 9.17) is 5.11 Å². The summed E-state index contributed by atoms with van der Waals surface area (Å²) in [5.41, 5.74) is 2.09. The summed E-state index contributed by atoms with van der Waals surface area (Å²) >= 11 is 0. The minimum atomic E-state index is -0.718. The topological polar surface area (TPSA) is 70.3 Å². The molecule has 0 saturated carbocycles. The summed E-state index contributed by atoms with van der Waals surface area (Å²) in [5.74, 6) is 0. The van der Waals surface area contributed by atoms with Gasteiger partial charge in [-0.2, -0.15) is 5.10 Å². The van der Waals surface area contributed by atoms with Gasteiger partial charge in [-0.05, 0) is 13.0 Å². The summed E-state index contributed by atoms with van der Waals surface area (Å²) in [5, 5.41) is 26.8. The third-order valence-electron chi connectivity index (χ3n) is 2.92. The molecule has 1 atom stereocenters. The highest BCUT2D eigenvalue weighted by atomic mass is 16.3. The molecule has 2 aromatic rings. The molecular formula is C13H19N3O2. The number of rotatable bonds is 6. The van der Waals surface area contributed by atoms with E-state index in [0.717, 1.165) is 23.1 Å². The molecule has 5 nitrogen and oxygen atoms in total. The molecule has 1 heterocycles. The lowest BCUT2D eigenvalue weighted by Crippen LogP contribution is -2.29. The summed E-state index contributed by atoms with van der Waals surface area (Å²) in [6, 6.07) is 8.10. The third-order valence-corrected chi connectivity index (χ3v) is 2.92. The number of aromatic nitrogens is 2. The Hall–Kier alpha value is -1.43. The Labute approximate surface area is 106 Å². The SMILES string of the molecule is CCn1nc(CNCC(O)CO)c2ccccc21. The van der Waals surface area contributed by atoms with E-state index in [1.165, 1.54) is 0 Å². The van der Waals surface area contributed by atoms with Crippen molar-refractivity contribution in [2.45, 2.75) is 26.1 Å². The van der Waals surface area contributed by atoms with E-state index in [1.807, 2.05) is 22.9 Å². The van der Waals surface area contributed by atoms with Crippen molar-refractivity contribution in [1.82, 2.24) is 15.1 Å². The zero-order valence-electron chi connectivity index (χ0n) is 10.5. The second kappa shape index (κ2) is 5.95. The van der Waals surface area contributed by atoms with Crippen LogP contribution in [0.5, 0.6) is 0 Å². The summed E-state index contributed by atoms with van der Waals surface area (Å²) in [4.78, 5) is 0. The number of nitrogens with zero attached hydrogens (tertiary/aromatic N) is 2. The minimum Gasteiger partial charge on any atom is -0.394 e. The molecule has 0 amide bonds. The van der Waals surface area contributed by atoms with Gasteiger partial charge in [0.15, 0.2) is 0 Å². The maximum atomic E-state index is 9.26. The Morgan fingerprint density at radius 2 is 2.17 bits per heavy atom. The zero-order valence-corrected chi connectivity index (χ0v) is 10.5. The Bertz CT molecular complexity index is 510. The molecule has 0 aliphatic heterocycles. The van der Waals surface area contributed by atoms with Crippen molar-refractivity contribution in [3.63, 3.8) is 0 Å². The van der Waals surface area contributed by atoms with Crippen LogP contribution in [0.3, 0.4) is 0 Å². The second-order valence-corrected chi connectivity index (χ2v) is 4.25. The number of nitrogens with one attached hydrogen (secondary N) is 1. The van der Waals surface area contributed by atoms with Crippen LogP contribution < -0.4 is 5.32 Å². The highest BCUT2D eigenvalue weighted by Crippen LogP contribution is 2.18. The van der Waals surface area contributed by atoms with Crippen LogP contribution in [0.2, 0.25) is 0 Å². The molecule has 1 unspecified atom stereocenters. The minimum absolute atomic E-state index is 0.225. The molecular weight excluding hydrogens is 230 g/mol. The lowest BCUT2D eigenvalue weighted by Gasteiger charge is -2.07. The number of aliphatic hydroxyl groups is 2. The fraction of sp³-hybridized carbons (Fsp3) is 0.462. The normalized spacial score (nSPS) is 13.1. The van der Waals surface area contributed by atoms with E-state index in [2.05, 4.69) is 23.4 Å². The summed E-state index contributed by atoms with van der Waals surface area (Å²) in [7, 11) is 0. The number of hydrogen-bond donors (Lipinski definition) is 3. The number of benzene rings is 1. The molecule has 0 spiro atoms. The summed E-state index contributed by atoms with van der Waals surface area (Å²) in [6.45, 7) is 3.62. The Morgan fingerprint density at radius 3 is 2.89 bits per heavy atom. The average molecular weight is 249 g/mol. The van der Waals surface area contributed by atoms with Gasteiger partial charge in [-0.3, -0.25) is 4.68 Å². The van der Waals surface area contributed by atoms with E-state index in [-0.39, 0.29) is 6.61 Å². The lowest BCUT2D eigenvalue weighted by molar-refractivity contribution is 0.0941. The van der Waals surface area contributed by atoms with Gasteiger partial charge in [0, 0.05) is 25.0 Å². The van der Waals surface area contributed by atoms with E-state index < -0.39 is 6.10 Å². The first-order chi connectivity index (χ1) is 8.76. The highest BCUT2D eigenvalue weighted by Gasteiger charge is 2.09. The van der Waals surface area contributed by atoms with E-state index >= 15 is 0 Å². The van der Waals surface area contributed by atoms with E-state index in [9.17, 15) is 5.11 Å². The maximum absolute atomic E-state index is 9.26. The van der Waals surface area contributed by atoms with Gasteiger partial charge in [-0.25, -0.2) is 0 Å². The van der Waals surface area contributed by atoms with E-state index in [1.54, 1.807) is 0 Å². The van der Waals surface area contributed by atoms with Crippen LogP contribution in [0, 0.1) is 0 Å². The zero-order chi connectivity index (χ0) is 13.0. The summed E-state index contributed by atoms with van der Waals surface area (Å²) < 4.78 is 1.97. The van der Waals surface area contributed by atoms with Crippen LogP contribution in [0.4, 0.5) is 0 Å². The number of para-hydroxylation sites is 1. The Balaban J connectivity index is 2.13. The molecule has 98 valence electrons. The predicted molar refractivity (Wildman–Crippen MR) is 70.2 cm³/mol. The largest absolute Gasteiger partial charge is 0.394 e. The van der Waals surface area contributed by atoms with Gasteiger partial charge in [0.25, 0.3) is 0 Å². The van der Waals surface area contributed by atoms with E-state index in [0.29, 0.717) is 13.1 Å². The molecule has 1 aromatic carbocycles. The maximum Gasteiger partial charge on any atom is 0.0895 e. The van der Waals surface area contributed by atoms with Crippen LogP contribution in [-0.4, -0.2) is 39.2 Å². The summed E-state index contributed by atoms with van der Waals surface area (Å²) in [6.07, 6.45) is -0.718. The Kier molecular flexibility index (Phi) is 4.30. The molecule has 0 bridgehead atoms. The van der Waals surface area contributed by atoms with Gasteiger partial charge in [-0.1, -0.05) is 18.2 Å². The van der Waals surface area contributed by atoms with Crippen LogP contribution in [0.25, 0.3) is 10.9 Å². The van der Waals surface area contributed by atoms with Crippen molar-refractivity contribution in [2.75, 3.05) is 13.2 Å². The van der Waals surface area contributed by atoms with Gasteiger partial charge in [0.1, 0.15) is 0 Å². The van der Waals surface area contributed by atoms with Crippen molar-refractivity contribution in [3.8, 4) is 0 Å². The predicted octanol–water partition coefficient (Wildman–Crippen LogP) is 0.499. The number of aliphatic hydroxyl groups excluding tert-OH is 2. The van der Waals surface area contributed by atoms with Crippen molar-refractivity contribution < 1.29 is 10.2 Å². The molecule has 18 heavy (non-hydrogen) atoms. The monoisotopic (exact) mass is 249 g/mol. The molecule has 2 rings (SSSR count). The van der Waals surface area contributed by atoms with Crippen LogP contribution in [0.1, 0.15) is 12.6 Å². The van der Waals surface area contributed by atoms with Gasteiger partial charge < -0.3 is 15.5 Å².